The zero-order chi connectivity index (χ0) is 27.1. The predicted octanol–water partition coefficient (Wildman–Crippen LogP) is 4.49. The second kappa shape index (κ2) is 10.5. The van der Waals surface area contributed by atoms with Gasteiger partial charge in [-0.2, -0.15) is 9.99 Å². The fourth-order valence-corrected chi connectivity index (χ4v) is 17.0. The molecule has 2 atom stereocenters. The molecule has 1 aliphatic heterocycles. The zero-order valence-corrected chi connectivity index (χ0v) is 25.4. The minimum absolute atomic E-state index is 0.119. The molecule has 2 aromatic heterocycles. The summed E-state index contributed by atoms with van der Waals surface area (Å²) in [6.07, 6.45) is 7.90. The first kappa shape index (κ1) is 27.7. The molecule has 0 bridgehead atoms. The number of nitriles is 1. The lowest BCUT2D eigenvalue weighted by atomic mass is 10.1. The van der Waals surface area contributed by atoms with Crippen molar-refractivity contribution in [2.75, 3.05) is 13.7 Å². The first-order valence-corrected chi connectivity index (χ1v) is 17.1. The second-order valence-corrected chi connectivity index (χ2v) is 20.1. The molecule has 1 aliphatic carbocycles. The molecule has 37 heavy (non-hydrogen) atoms. The maximum atomic E-state index is 9.18. The molecule has 0 saturated carbocycles. The molecule has 10 nitrogen and oxygen atoms in total. The van der Waals surface area contributed by atoms with Crippen LogP contribution in [0.1, 0.15) is 61.8 Å². The van der Waals surface area contributed by atoms with Crippen molar-refractivity contribution in [2.45, 2.75) is 90.1 Å². The Morgan fingerprint density at radius 2 is 1.68 bits per heavy atom. The van der Waals surface area contributed by atoms with Crippen molar-refractivity contribution in [2.24, 2.45) is 10.9 Å². The summed E-state index contributed by atoms with van der Waals surface area (Å²) in [5.74, 6) is 0.168. The van der Waals surface area contributed by atoms with Crippen molar-refractivity contribution < 1.29 is 17.8 Å². The van der Waals surface area contributed by atoms with E-state index in [-0.39, 0.29) is 23.1 Å². The molecule has 0 aromatic carbocycles. The minimum Gasteiger partial charge on any atom is -0.414 e. The molecule has 2 aromatic rings. The molecule has 1 saturated heterocycles. The van der Waals surface area contributed by atoms with Crippen LogP contribution >= 0.6 is 0 Å². The van der Waals surface area contributed by atoms with E-state index in [0.717, 1.165) is 12.1 Å². The van der Waals surface area contributed by atoms with Gasteiger partial charge in [0.05, 0.1) is 6.10 Å². The summed E-state index contributed by atoms with van der Waals surface area (Å²) in [6.45, 7) is 18.5. The molecule has 0 radical (unpaired) electrons. The number of imidazole rings is 1. The first-order chi connectivity index (χ1) is 17.5. The first-order valence-electron chi connectivity index (χ1n) is 13.2. The lowest BCUT2D eigenvalue weighted by molar-refractivity contribution is 0.0513. The largest absolute Gasteiger partial charge is 0.414 e. The Morgan fingerprint density at radius 1 is 1.03 bits per heavy atom. The van der Waals surface area contributed by atoms with Gasteiger partial charge >= 0.3 is 17.1 Å². The Morgan fingerprint density at radius 3 is 2.24 bits per heavy atom. The fraction of sp³-hybridized carbons (Fsp3) is 0.680. The van der Waals surface area contributed by atoms with Gasteiger partial charge in [0.1, 0.15) is 19.8 Å². The number of hydrogen-bond acceptors (Lipinski definition) is 8. The van der Waals surface area contributed by atoms with Crippen molar-refractivity contribution in [1.82, 2.24) is 19.3 Å². The van der Waals surface area contributed by atoms with E-state index in [4.69, 9.17) is 17.8 Å². The topological polar surface area (TPSA) is 109 Å². The summed E-state index contributed by atoms with van der Waals surface area (Å²) in [4.78, 5) is 18.3. The zero-order valence-electron chi connectivity index (χ0n) is 23.4. The Bertz CT molecular complexity index is 1260. The number of fused-ring (bicyclic) bond motifs is 2. The molecule has 4 rings (SSSR count). The molecule has 1 fully saturated rings. The number of aromatic nitrogens is 4. The maximum absolute atomic E-state index is 9.18. The predicted molar refractivity (Wildman–Crippen MR) is 145 cm³/mol. The van der Waals surface area contributed by atoms with Crippen LogP contribution in [-0.2, 0) is 13.0 Å². The van der Waals surface area contributed by atoms with Crippen LogP contribution in [0, 0.1) is 17.4 Å². The average Bonchev–Trinajstić information content (AvgIpc) is 3.42. The molecule has 0 spiro atoms. The van der Waals surface area contributed by atoms with Gasteiger partial charge in [-0.3, -0.25) is 4.57 Å². The van der Waals surface area contributed by atoms with Crippen molar-refractivity contribution >= 4 is 34.0 Å². The van der Waals surface area contributed by atoms with Crippen LogP contribution in [-0.4, -0.2) is 56.2 Å². The Kier molecular flexibility index (Phi) is 7.83. The molecule has 3 heterocycles. The molecule has 12 heteroatoms. The number of allylic oxidation sites excluding steroid dienone is 1. The highest BCUT2D eigenvalue weighted by Gasteiger charge is 2.59. The van der Waals surface area contributed by atoms with Crippen molar-refractivity contribution in [3.63, 3.8) is 0 Å². The van der Waals surface area contributed by atoms with Crippen LogP contribution < -0.4 is 10.3 Å². The summed E-state index contributed by atoms with van der Waals surface area (Å²) in [7, 11) is -3.77. The quantitative estimate of drug-likeness (QED) is 0.389. The number of rotatable bonds is 6. The minimum atomic E-state index is -2.69. The SMILES string of the molecule is COn1cnc2c(ncn2C2=C[C@@H]3O[Si](C(C)C)(C(C)C)O[Si](C(C)C)(C(C)C)OC[C@H]3C2)c1=NC#N. The summed E-state index contributed by atoms with van der Waals surface area (Å²) in [6, 6.07) is 0. The van der Waals surface area contributed by atoms with Crippen LogP contribution in [0.25, 0.3) is 16.9 Å². The van der Waals surface area contributed by atoms with Gasteiger partial charge in [0.2, 0.25) is 11.7 Å². The van der Waals surface area contributed by atoms with E-state index in [1.54, 1.807) is 6.33 Å². The van der Waals surface area contributed by atoms with E-state index >= 15 is 0 Å². The van der Waals surface area contributed by atoms with Gasteiger partial charge in [-0.15, -0.1) is 4.99 Å². The van der Waals surface area contributed by atoms with E-state index in [9.17, 15) is 5.26 Å². The van der Waals surface area contributed by atoms with Gasteiger partial charge in [0, 0.05) is 18.2 Å². The summed E-state index contributed by atoms with van der Waals surface area (Å²) < 4.78 is 24.7. The Labute approximate surface area is 221 Å². The van der Waals surface area contributed by atoms with Crippen LogP contribution in [0.5, 0.6) is 0 Å². The third-order valence-corrected chi connectivity index (χ3v) is 18.0. The van der Waals surface area contributed by atoms with Crippen LogP contribution in [0.2, 0.25) is 22.2 Å². The summed E-state index contributed by atoms with van der Waals surface area (Å²) in [5.41, 5.74) is 3.62. The number of hydrogen-bond donors (Lipinski definition) is 0. The molecule has 0 unspecified atom stereocenters. The van der Waals surface area contributed by atoms with Crippen LogP contribution in [0.4, 0.5) is 0 Å². The van der Waals surface area contributed by atoms with Gasteiger partial charge in [-0.1, -0.05) is 55.4 Å². The molecule has 202 valence electrons. The third-order valence-electron chi connectivity index (χ3n) is 7.78. The third kappa shape index (κ3) is 4.61. The van der Waals surface area contributed by atoms with E-state index in [1.807, 2.05) is 10.8 Å². The second-order valence-electron chi connectivity index (χ2n) is 11.3. The monoisotopic (exact) mass is 544 g/mol. The van der Waals surface area contributed by atoms with Crippen LogP contribution in [0.15, 0.2) is 23.7 Å². The summed E-state index contributed by atoms with van der Waals surface area (Å²) >= 11 is 0. The van der Waals surface area contributed by atoms with Crippen LogP contribution in [0.3, 0.4) is 0 Å². The molecule has 0 amide bonds. The van der Waals surface area contributed by atoms with E-state index in [1.165, 1.54) is 18.2 Å². The van der Waals surface area contributed by atoms with E-state index in [2.05, 4.69) is 76.4 Å². The standard InChI is InChI=1S/C25H40N6O4Si2/c1-16(2)36(17(3)4)33-12-20-10-21(11-22(20)34-37(35-36,18(5)6)19(7)8)30-14-28-23-24(30)29-15-31(32-9)25(23)27-13-26/h11,14-20,22H,10,12H2,1-9H3/t20-,22+/m1/s1. The number of nitrogens with zero attached hydrogens (tertiary/aromatic N) is 6. The molecule has 2 aliphatic rings. The van der Waals surface area contributed by atoms with Gasteiger partial charge < -0.3 is 17.8 Å². The smallest absolute Gasteiger partial charge is 0.335 e. The van der Waals surface area contributed by atoms with Gasteiger partial charge in [-0.05, 0) is 34.7 Å². The highest BCUT2D eigenvalue weighted by Crippen LogP contribution is 2.48. The molecule has 0 N–H and O–H groups in total. The lowest BCUT2D eigenvalue weighted by Crippen LogP contribution is -2.64. The normalized spacial score (nSPS) is 23.9. The van der Waals surface area contributed by atoms with Gasteiger partial charge in [0.15, 0.2) is 11.2 Å². The summed E-state index contributed by atoms with van der Waals surface area (Å²) in [5, 5.41) is 9.18. The Balaban J connectivity index is 1.80. The lowest BCUT2D eigenvalue weighted by Gasteiger charge is -2.51. The maximum Gasteiger partial charge on any atom is 0.335 e. The average molecular weight is 545 g/mol. The molecular weight excluding hydrogens is 504 g/mol. The fourth-order valence-electron chi connectivity index (χ4n) is 5.79. The van der Waals surface area contributed by atoms with Crippen molar-refractivity contribution in [3.8, 4) is 6.19 Å². The molecular formula is C25H40N6O4Si2. The highest BCUT2D eigenvalue weighted by molar-refractivity contribution is 6.84. The highest BCUT2D eigenvalue weighted by atomic mass is 28.5. The van der Waals surface area contributed by atoms with E-state index < -0.39 is 17.1 Å². The van der Waals surface area contributed by atoms with E-state index in [0.29, 0.717) is 34.3 Å². The van der Waals surface area contributed by atoms with Gasteiger partial charge in [0.25, 0.3) is 0 Å². The van der Waals surface area contributed by atoms with Crippen molar-refractivity contribution in [3.05, 3.63) is 24.2 Å². The Hall–Kier alpha value is -2.31. The van der Waals surface area contributed by atoms with Gasteiger partial charge in [-0.25, -0.2) is 9.97 Å². The van der Waals surface area contributed by atoms with Crippen molar-refractivity contribution in [1.29, 1.82) is 5.26 Å².